The fraction of sp³-hybridized carbons (Fsp3) is 0.417. The number of carbonyl (C=O) groups is 1. The minimum atomic E-state index is -3.66. The number of nitrogens with two attached hydrogens (primary N) is 2. The largest absolute Gasteiger partial charge is 0.496 e. The minimum absolute atomic E-state index is 0.0150. The Morgan fingerprint density at radius 2 is 2.15 bits per heavy atom. The zero-order valence-electron chi connectivity index (χ0n) is 11.1. The number of rotatable bonds is 4. The molecule has 1 fully saturated rings. The van der Waals surface area contributed by atoms with Gasteiger partial charge in [0.25, 0.3) is 5.91 Å². The molecule has 1 aromatic carbocycles. The highest BCUT2D eigenvalue weighted by Crippen LogP contribution is 2.26. The number of ether oxygens (including phenoxy) is 1. The van der Waals surface area contributed by atoms with E-state index in [-0.39, 0.29) is 28.8 Å². The van der Waals surface area contributed by atoms with Crippen molar-refractivity contribution in [1.29, 1.82) is 0 Å². The normalized spacial score (nSPS) is 20.0. The van der Waals surface area contributed by atoms with E-state index in [2.05, 4.69) is 0 Å². The van der Waals surface area contributed by atoms with E-state index in [1.807, 2.05) is 0 Å². The first-order valence-corrected chi connectivity index (χ1v) is 7.54. The first-order chi connectivity index (χ1) is 9.36. The molecule has 20 heavy (non-hydrogen) atoms. The lowest BCUT2D eigenvalue weighted by molar-refractivity contribution is 0.0997. The molecule has 0 bridgehead atoms. The molecule has 0 aliphatic carbocycles. The van der Waals surface area contributed by atoms with Gasteiger partial charge in [-0.2, -0.15) is 4.31 Å². The molecule has 110 valence electrons. The molecule has 1 aliphatic rings. The Kier molecular flexibility index (Phi) is 3.98. The first-order valence-electron chi connectivity index (χ1n) is 6.10. The zero-order valence-corrected chi connectivity index (χ0v) is 11.9. The van der Waals surface area contributed by atoms with Gasteiger partial charge in [-0.05, 0) is 24.6 Å². The average molecular weight is 299 g/mol. The van der Waals surface area contributed by atoms with Crippen LogP contribution in [0.4, 0.5) is 0 Å². The molecule has 4 N–H and O–H groups in total. The quantitative estimate of drug-likeness (QED) is 0.778. The topological polar surface area (TPSA) is 116 Å². The summed E-state index contributed by atoms with van der Waals surface area (Å²) in [5.74, 6) is -0.494. The summed E-state index contributed by atoms with van der Waals surface area (Å²) < 4.78 is 31.2. The number of carbonyl (C=O) groups excluding carboxylic acids is 1. The van der Waals surface area contributed by atoms with Gasteiger partial charge in [-0.3, -0.25) is 4.79 Å². The van der Waals surface area contributed by atoms with Crippen LogP contribution in [-0.4, -0.2) is 44.9 Å². The van der Waals surface area contributed by atoms with E-state index < -0.39 is 15.9 Å². The predicted octanol–water partition coefficient (Wildman–Crippen LogP) is -0.484. The Balaban J connectivity index is 2.42. The molecule has 0 saturated carbocycles. The van der Waals surface area contributed by atoms with E-state index in [9.17, 15) is 13.2 Å². The minimum Gasteiger partial charge on any atom is -0.496 e. The third kappa shape index (κ3) is 2.62. The molecule has 1 saturated heterocycles. The van der Waals surface area contributed by atoms with Gasteiger partial charge in [0.05, 0.1) is 17.6 Å². The molecule has 0 spiro atoms. The molecular weight excluding hydrogens is 282 g/mol. The summed E-state index contributed by atoms with van der Waals surface area (Å²) in [4.78, 5) is 11.4. The van der Waals surface area contributed by atoms with Gasteiger partial charge in [0.2, 0.25) is 10.0 Å². The molecule has 1 aromatic rings. The van der Waals surface area contributed by atoms with E-state index in [1.54, 1.807) is 0 Å². The average Bonchev–Trinajstić information content (AvgIpc) is 2.85. The molecule has 7 nitrogen and oxygen atoms in total. The lowest BCUT2D eigenvalue weighted by Crippen LogP contribution is -2.32. The van der Waals surface area contributed by atoms with Crippen molar-refractivity contribution in [1.82, 2.24) is 4.31 Å². The van der Waals surface area contributed by atoms with Crippen molar-refractivity contribution in [2.45, 2.75) is 17.4 Å². The van der Waals surface area contributed by atoms with Crippen molar-refractivity contribution in [3.8, 4) is 5.75 Å². The van der Waals surface area contributed by atoms with Gasteiger partial charge in [0.1, 0.15) is 5.75 Å². The number of methoxy groups -OCH3 is 1. The number of primary amides is 1. The van der Waals surface area contributed by atoms with Crippen LogP contribution in [0.25, 0.3) is 0 Å². The summed E-state index contributed by atoms with van der Waals surface area (Å²) in [6.45, 7) is 0.654. The van der Waals surface area contributed by atoms with Crippen molar-refractivity contribution in [3.05, 3.63) is 23.8 Å². The number of sulfonamides is 1. The Morgan fingerprint density at radius 3 is 2.65 bits per heavy atom. The standard InChI is InChI=1S/C12H17N3O4S/c1-19-11-3-2-9(6-10(11)12(14)16)20(17,18)15-5-4-8(13)7-15/h2-3,6,8H,4-5,7,13H2,1H3,(H2,14,16)/t8-/m0/s1. The van der Waals surface area contributed by atoms with E-state index in [1.165, 1.54) is 29.6 Å². The molecule has 1 amide bonds. The predicted molar refractivity (Wildman–Crippen MR) is 72.9 cm³/mol. The fourth-order valence-electron chi connectivity index (χ4n) is 2.16. The van der Waals surface area contributed by atoms with Crippen LogP contribution >= 0.6 is 0 Å². The van der Waals surface area contributed by atoms with Crippen molar-refractivity contribution >= 4 is 15.9 Å². The van der Waals surface area contributed by atoms with Crippen LogP contribution in [0.1, 0.15) is 16.8 Å². The van der Waals surface area contributed by atoms with Gasteiger partial charge in [0, 0.05) is 19.1 Å². The van der Waals surface area contributed by atoms with Gasteiger partial charge in [-0.15, -0.1) is 0 Å². The second-order valence-corrected chi connectivity index (χ2v) is 6.58. The molecular formula is C12H17N3O4S. The Morgan fingerprint density at radius 1 is 1.45 bits per heavy atom. The summed E-state index contributed by atoms with van der Waals surface area (Å²) in [5, 5.41) is 0. The maximum Gasteiger partial charge on any atom is 0.252 e. The van der Waals surface area contributed by atoms with Crippen LogP contribution in [0.5, 0.6) is 5.75 Å². The second-order valence-electron chi connectivity index (χ2n) is 4.64. The van der Waals surface area contributed by atoms with Crippen LogP contribution in [0.15, 0.2) is 23.1 Å². The summed E-state index contributed by atoms with van der Waals surface area (Å²) in [6, 6.07) is 3.90. The molecule has 0 unspecified atom stereocenters. The highest BCUT2D eigenvalue weighted by Gasteiger charge is 2.31. The Bertz CT molecular complexity index is 630. The third-order valence-electron chi connectivity index (χ3n) is 3.26. The summed E-state index contributed by atoms with van der Waals surface area (Å²) in [6.07, 6.45) is 0.623. The molecule has 1 aliphatic heterocycles. The van der Waals surface area contributed by atoms with Gasteiger partial charge >= 0.3 is 0 Å². The Hall–Kier alpha value is -1.64. The number of benzene rings is 1. The maximum atomic E-state index is 12.4. The second kappa shape index (κ2) is 5.39. The smallest absolute Gasteiger partial charge is 0.252 e. The van der Waals surface area contributed by atoms with Crippen molar-refractivity contribution in [2.75, 3.05) is 20.2 Å². The van der Waals surface area contributed by atoms with Gasteiger partial charge in [-0.1, -0.05) is 0 Å². The van der Waals surface area contributed by atoms with Gasteiger partial charge in [-0.25, -0.2) is 8.42 Å². The van der Waals surface area contributed by atoms with Crippen LogP contribution in [0.2, 0.25) is 0 Å². The molecule has 1 heterocycles. The summed E-state index contributed by atoms with van der Waals surface area (Å²) >= 11 is 0. The summed E-state index contributed by atoms with van der Waals surface area (Å²) in [5.41, 5.74) is 11.0. The van der Waals surface area contributed by atoms with Crippen LogP contribution in [0.3, 0.4) is 0 Å². The zero-order chi connectivity index (χ0) is 14.9. The van der Waals surface area contributed by atoms with Gasteiger partial charge in [0.15, 0.2) is 0 Å². The monoisotopic (exact) mass is 299 g/mol. The highest BCUT2D eigenvalue weighted by atomic mass is 32.2. The molecule has 0 aromatic heterocycles. The van der Waals surface area contributed by atoms with Crippen LogP contribution in [-0.2, 0) is 10.0 Å². The van der Waals surface area contributed by atoms with E-state index in [0.29, 0.717) is 13.0 Å². The van der Waals surface area contributed by atoms with Crippen molar-refractivity contribution < 1.29 is 17.9 Å². The Labute approximate surface area is 117 Å². The molecule has 0 radical (unpaired) electrons. The molecule has 2 rings (SSSR count). The maximum absolute atomic E-state index is 12.4. The van der Waals surface area contributed by atoms with E-state index in [0.717, 1.165) is 0 Å². The van der Waals surface area contributed by atoms with E-state index in [4.69, 9.17) is 16.2 Å². The number of hydrogen-bond donors (Lipinski definition) is 2. The first kappa shape index (κ1) is 14.8. The SMILES string of the molecule is COc1ccc(S(=O)(=O)N2CC[C@H](N)C2)cc1C(N)=O. The van der Waals surface area contributed by atoms with Crippen LogP contribution in [0, 0.1) is 0 Å². The van der Waals surface area contributed by atoms with E-state index >= 15 is 0 Å². The lowest BCUT2D eigenvalue weighted by atomic mass is 10.2. The molecule has 1 atom stereocenters. The highest BCUT2D eigenvalue weighted by molar-refractivity contribution is 7.89. The van der Waals surface area contributed by atoms with Crippen molar-refractivity contribution in [2.24, 2.45) is 11.5 Å². The van der Waals surface area contributed by atoms with Gasteiger partial charge < -0.3 is 16.2 Å². The fourth-order valence-corrected chi connectivity index (χ4v) is 3.70. The third-order valence-corrected chi connectivity index (χ3v) is 5.12. The van der Waals surface area contributed by atoms with Crippen molar-refractivity contribution in [3.63, 3.8) is 0 Å². The lowest BCUT2D eigenvalue weighted by Gasteiger charge is -2.17. The molecule has 8 heteroatoms. The van der Waals surface area contributed by atoms with Crippen LogP contribution < -0.4 is 16.2 Å². The number of amides is 1. The summed E-state index contributed by atoms with van der Waals surface area (Å²) in [7, 11) is -2.28. The number of nitrogens with zero attached hydrogens (tertiary/aromatic N) is 1. The number of hydrogen-bond acceptors (Lipinski definition) is 5.